The van der Waals surface area contributed by atoms with Crippen molar-refractivity contribution in [3.63, 3.8) is 0 Å². The number of aromatic nitrogens is 3. The predicted octanol–water partition coefficient (Wildman–Crippen LogP) is 2.36. The smallest absolute Gasteiger partial charge is 0.259 e. The second-order valence-corrected chi connectivity index (χ2v) is 4.73. The van der Waals surface area contributed by atoms with E-state index in [9.17, 15) is 4.79 Å². The quantitative estimate of drug-likeness (QED) is 0.628. The van der Waals surface area contributed by atoms with E-state index in [-0.39, 0.29) is 5.91 Å². The van der Waals surface area contributed by atoms with Crippen LogP contribution in [0.1, 0.15) is 5.56 Å². The maximum atomic E-state index is 11.9. The van der Waals surface area contributed by atoms with Gasteiger partial charge in [-0.05, 0) is 30.3 Å². The second kappa shape index (κ2) is 4.45. The van der Waals surface area contributed by atoms with Gasteiger partial charge in [0.2, 0.25) is 0 Å². The summed E-state index contributed by atoms with van der Waals surface area (Å²) in [6, 6.07) is 9.52. The van der Waals surface area contributed by atoms with Gasteiger partial charge in [0.25, 0.3) is 5.91 Å². The molecule has 2 aromatic heterocycles. The van der Waals surface area contributed by atoms with Crippen LogP contribution in [0.4, 0.5) is 11.5 Å². The van der Waals surface area contributed by atoms with E-state index in [0.717, 1.165) is 22.2 Å². The highest BCUT2D eigenvalue weighted by Gasteiger charge is 2.24. The van der Waals surface area contributed by atoms with Crippen LogP contribution in [0.2, 0.25) is 0 Å². The van der Waals surface area contributed by atoms with Gasteiger partial charge < -0.3 is 10.6 Å². The summed E-state index contributed by atoms with van der Waals surface area (Å²) in [7, 11) is 0. The van der Waals surface area contributed by atoms with Crippen molar-refractivity contribution in [2.75, 3.05) is 10.6 Å². The number of rotatable bonds is 2. The highest BCUT2D eigenvalue weighted by Crippen LogP contribution is 2.29. The minimum Gasteiger partial charge on any atom is -0.361 e. The van der Waals surface area contributed by atoms with Gasteiger partial charge >= 0.3 is 0 Å². The van der Waals surface area contributed by atoms with E-state index in [2.05, 4.69) is 25.8 Å². The highest BCUT2D eigenvalue weighted by atomic mass is 16.2. The lowest BCUT2D eigenvalue weighted by molar-refractivity contribution is -0.110. The number of benzene rings is 1. The summed E-state index contributed by atoms with van der Waals surface area (Å²) >= 11 is 0. The number of amides is 1. The molecule has 1 aliphatic heterocycles. The van der Waals surface area contributed by atoms with Crippen LogP contribution in [0.15, 0.2) is 48.9 Å². The lowest BCUT2D eigenvalue weighted by atomic mass is 10.1. The van der Waals surface area contributed by atoms with E-state index in [1.54, 1.807) is 18.6 Å². The number of H-pyrrole nitrogens is 1. The summed E-state index contributed by atoms with van der Waals surface area (Å²) in [5, 5.41) is 13.8. The van der Waals surface area contributed by atoms with E-state index < -0.39 is 0 Å². The molecule has 0 aliphatic carbocycles. The second-order valence-electron chi connectivity index (χ2n) is 4.73. The first-order chi connectivity index (χ1) is 10.3. The number of nitrogens with zero attached hydrogens (tertiary/aromatic N) is 2. The molecular formula is C15H11N5O. The predicted molar refractivity (Wildman–Crippen MR) is 80.6 cm³/mol. The molecule has 1 aromatic carbocycles. The van der Waals surface area contributed by atoms with Crippen LogP contribution >= 0.6 is 0 Å². The summed E-state index contributed by atoms with van der Waals surface area (Å²) < 4.78 is 0. The molecule has 0 atom stereocenters. The Bertz CT molecular complexity index is 880. The first-order valence-electron chi connectivity index (χ1n) is 6.48. The number of carbonyl (C=O) groups excluding carboxylic acids is 1. The van der Waals surface area contributed by atoms with Crippen molar-refractivity contribution in [1.82, 2.24) is 15.2 Å². The Morgan fingerprint density at radius 3 is 3.14 bits per heavy atom. The van der Waals surface area contributed by atoms with Crippen molar-refractivity contribution in [3.8, 4) is 0 Å². The molecule has 102 valence electrons. The van der Waals surface area contributed by atoms with E-state index in [1.807, 2.05) is 30.3 Å². The number of anilines is 2. The molecule has 1 amide bonds. The molecule has 0 fully saturated rings. The lowest BCUT2D eigenvalue weighted by Crippen LogP contribution is -2.05. The largest absolute Gasteiger partial charge is 0.361 e. The Morgan fingerprint density at radius 2 is 2.19 bits per heavy atom. The van der Waals surface area contributed by atoms with Crippen LogP contribution < -0.4 is 10.6 Å². The van der Waals surface area contributed by atoms with Crippen molar-refractivity contribution in [2.45, 2.75) is 0 Å². The monoisotopic (exact) mass is 277 g/mol. The number of nitrogens with one attached hydrogen (secondary N) is 3. The molecule has 0 unspecified atom stereocenters. The maximum Gasteiger partial charge on any atom is 0.259 e. The van der Waals surface area contributed by atoms with Gasteiger partial charge in [-0.25, -0.2) is 4.98 Å². The van der Waals surface area contributed by atoms with Crippen LogP contribution in [0.5, 0.6) is 0 Å². The van der Waals surface area contributed by atoms with Gasteiger partial charge in [-0.1, -0.05) is 0 Å². The fourth-order valence-electron chi connectivity index (χ4n) is 2.35. The fourth-order valence-corrected chi connectivity index (χ4v) is 2.35. The first-order valence-corrected chi connectivity index (χ1v) is 6.48. The molecule has 3 N–H and O–H groups in total. The summed E-state index contributed by atoms with van der Waals surface area (Å²) in [5.74, 6) is 0.443. The Balaban J connectivity index is 1.67. The molecule has 1 aliphatic rings. The topological polar surface area (TPSA) is 82.7 Å². The van der Waals surface area contributed by atoms with Gasteiger partial charge in [-0.3, -0.25) is 9.89 Å². The third kappa shape index (κ3) is 1.93. The van der Waals surface area contributed by atoms with Gasteiger partial charge in [0.05, 0.1) is 17.3 Å². The van der Waals surface area contributed by atoms with Crippen LogP contribution in [0, 0.1) is 0 Å². The van der Waals surface area contributed by atoms with Crippen LogP contribution in [-0.2, 0) is 4.79 Å². The average Bonchev–Trinajstić information content (AvgIpc) is 3.08. The maximum absolute atomic E-state index is 11.9. The first kappa shape index (κ1) is 11.7. The molecule has 0 saturated heterocycles. The Morgan fingerprint density at radius 1 is 1.24 bits per heavy atom. The molecule has 6 heteroatoms. The van der Waals surface area contributed by atoms with Gasteiger partial charge in [0.15, 0.2) is 0 Å². The Hall–Kier alpha value is -3.15. The van der Waals surface area contributed by atoms with Crippen LogP contribution in [0.25, 0.3) is 16.5 Å². The van der Waals surface area contributed by atoms with Gasteiger partial charge in [-0.2, -0.15) is 5.10 Å². The third-order valence-electron chi connectivity index (χ3n) is 3.40. The fraction of sp³-hybridized carbons (Fsp3) is 0. The number of carbonyl (C=O) groups is 1. The van der Waals surface area contributed by atoms with Crippen LogP contribution in [-0.4, -0.2) is 21.1 Å². The summed E-state index contributed by atoms with van der Waals surface area (Å²) in [4.78, 5) is 16.1. The molecule has 0 spiro atoms. The Kier molecular flexibility index (Phi) is 2.47. The van der Waals surface area contributed by atoms with Crippen molar-refractivity contribution in [3.05, 3.63) is 54.5 Å². The molecular weight excluding hydrogens is 266 g/mol. The molecule has 4 rings (SSSR count). The minimum atomic E-state index is -0.154. The zero-order valence-electron chi connectivity index (χ0n) is 10.9. The zero-order valence-corrected chi connectivity index (χ0v) is 10.9. The number of pyridine rings is 1. The highest BCUT2D eigenvalue weighted by molar-refractivity contribution is 6.31. The van der Waals surface area contributed by atoms with Gasteiger partial charge in [0, 0.05) is 29.0 Å². The van der Waals surface area contributed by atoms with Crippen molar-refractivity contribution >= 4 is 33.9 Å². The van der Waals surface area contributed by atoms with Crippen molar-refractivity contribution < 1.29 is 4.79 Å². The van der Waals surface area contributed by atoms with E-state index in [4.69, 9.17) is 0 Å². The van der Waals surface area contributed by atoms with Crippen molar-refractivity contribution in [2.24, 2.45) is 0 Å². The summed E-state index contributed by atoms with van der Waals surface area (Å²) in [6.07, 6.45) is 5.12. The Labute approximate surface area is 119 Å². The molecule has 3 aromatic rings. The van der Waals surface area contributed by atoms with E-state index in [0.29, 0.717) is 11.4 Å². The van der Waals surface area contributed by atoms with Gasteiger partial charge in [-0.15, -0.1) is 0 Å². The standard InChI is InChI=1S/C15H11N5O/c21-15-12(11-2-1-5-16-14(11)19-15)8-17-10-4-3-9-7-18-20-13(9)6-10/h1-8,17H,(H,18,20)(H,16,19,21)/b12-8-. The van der Waals surface area contributed by atoms with Gasteiger partial charge in [0.1, 0.15) is 5.82 Å². The molecule has 21 heavy (non-hydrogen) atoms. The normalized spacial score (nSPS) is 15.2. The molecule has 6 nitrogen and oxygen atoms in total. The number of aromatic amines is 1. The third-order valence-corrected chi connectivity index (χ3v) is 3.40. The number of fused-ring (bicyclic) bond motifs is 2. The SMILES string of the molecule is O=C1Nc2ncccc2/C1=C/Nc1ccc2cn[nH]c2c1. The van der Waals surface area contributed by atoms with Crippen molar-refractivity contribution in [1.29, 1.82) is 0 Å². The molecule has 0 radical (unpaired) electrons. The average molecular weight is 277 g/mol. The molecule has 0 bridgehead atoms. The van der Waals surface area contributed by atoms with Crippen LogP contribution in [0.3, 0.4) is 0 Å². The lowest BCUT2D eigenvalue weighted by Gasteiger charge is -2.02. The van der Waals surface area contributed by atoms with E-state index in [1.165, 1.54) is 0 Å². The number of hydrogen-bond donors (Lipinski definition) is 3. The summed E-state index contributed by atoms with van der Waals surface area (Å²) in [6.45, 7) is 0. The molecule has 3 heterocycles. The number of hydrogen-bond acceptors (Lipinski definition) is 4. The zero-order chi connectivity index (χ0) is 14.2. The molecule has 0 saturated carbocycles. The van der Waals surface area contributed by atoms with E-state index >= 15 is 0 Å². The minimum absolute atomic E-state index is 0.154. The summed E-state index contributed by atoms with van der Waals surface area (Å²) in [5.41, 5.74) is 3.20.